The van der Waals surface area contributed by atoms with Crippen LogP contribution in [0, 0.1) is 0 Å². The zero-order valence-electron chi connectivity index (χ0n) is 5.44. The van der Waals surface area contributed by atoms with Gasteiger partial charge in [0, 0.05) is 6.26 Å². The first-order valence-electron chi connectivity index (χ1n) is 2.41. The van der Waals surface area contributed by atoms with E-state index in [1.54, 1.807) is 0 Å². The Morgan fingerprint density at radius 3 is 1.70 bits per heavy atom. The molecule has 6 heteroatoms. The molecule has 0 fully saturated rings. The number of hydrogen-bond acceptors (Lipinski definition) is 2. The summed E-state index contributed by atoms with van der Waals surface area (Å²) >= 11 is 0. The summed E-state index contributed by atoms with van der Waals surface area (Å²) in [4.78, 5) is 0. The highest BCUT2D eigenvalue weighted by molar-refractivity contribution is 7.91. The molecule has 62 valence electrons. The molecule has 0 aliphatic heterocycles. The Labute approximate surface area is 57.0 Å². The van der Waals surface area contributed by atoms with Crippen molar-refractivity contribution in [3.63, 3.8) is 0 Å². The van der Waals surface area contributed by atoms with Gasteiger partial charge in [0.25, 0.3) is 0 Å². The van der Waals surface area contributed by atoms with Gasteiger partial charge in [0.05, 0.1) is 0 Å². The molecule has 10 heavy (non-hydrogen) atoms. The van der Waals surface area contributed by atoms with Gasteiger partial charge >= 0.3 is 5.25 Å². The van der Waals surface area contributed by atoms with Crippen molar-refractivity contribution in [1.82, 2.24) is 0 Å². The van der Waals surface area contributed by atoms with Gasteiger partial charge in [-0.25, -0.2) is 12.8 Å². The first kappa shape index (κ1) is 9.74. The summed E-state index contributed by atoms with van der Waals surface area (Å²) in [5, 5.41) is -4.26. The molecule has 0 aromatic heterocycles. The van der Waals surface area contributed by atoms with E-state index in [-0.39, 0.29) is 0 Å². The molecule has 0 aliphatic rings. The minimum atomic E-state index is -4.61. The minimum absolute atomic E-state index is 0.295. The van der Waals surface area contributed by atoms with E-state index in [9.17, 15) is 21.6 Å². The van der Waals surface area contributed by atoms with Gasteiger partial charge in [-0.2, -0.15) is 8.78 Å². The van der Waals surface area contributed by atoms with Crippen LogP contribution in [-0.2, 0) is 9.84 Å². The van der Waals surface area contributed by atoms with Gasteiger partial charge in [-0.15, -0.1) is 0 Å². The predicted octanol–water partition coefficient (Wildman–Crippen LogP) is 0.982. The molecule has 0 bridgehead atoms. The van der Waals surface area contributed by atoms with Crippen LogP contribution < -0.4 is 0 Å². The van der Waals surface area contributed by atoms with Crippen LogP contribution in [0.1, 0.15) is 6.92 Å². The molecule has 1 atom stereocenters. The summed E-state index contributed by atoms with van der Waals surface area (Å²) in [6.45, 7) is 0.501. The Hall–Kier alpha value is -0.260. The number of hydrogen-bond donors (Lipinski definition) is 0. The molecule has 0 N–H and O–H groups in total. The topological polar surface area (TPSA) is 34.1 Å². The van der Waals surface area contributed by atoms with Crippen molar-refractivity contribution in [3.8, 4) is 0 Å². The second-order valence-corrected chi connectivity index (χ2v) is 4.04. The molecular weight excluding hydrogens is 169 g/mol. The third-order valence-corrected chi connectivity index (χ3v) is 2.27. The van der Waals surface area contributed by atoms with Gasteiger partial charge in [-0.3, -0.25) is 0 Å². The van der Waals surface area contributed by atoms with Crippen molar-refractivity contribution in [1.29, 1.82) is 0 Å². The number of alkyl halides is 3. The average Bonchev–Trinajstić information content (AvgIpc) is 1.62. The van der Waals surface area contributed by atoms with E-state index in [2.05, 4.69) is 0 Å². The standard InChI is InChI=1S/C4H7F3O2S/c1-3(5)4(6,7)10(2,8)9/h3H,1-2H3. The quantitative estimate of drug-likeness (QED) is 0.628. The molecule has 0 saturated carbocycles. The molecule has 0 aromatic rings. The highest BCUT2D eigenvalue weighted by Crippen LogP contribution is 2.26. The van der Waals surface area contributed by atoms with Gasteiger partial charge in [-0.1, -0.05) is 0 Å². The molecule has 0 radical (unpaired) electrons. The second kappa shape index (κ2) is 2.41. The van der Waals surface area contributed by atoms with Crippen molar-refractivity contribution in [3.05, 3.63) is 0 Å². The fraction of sp³-hybridized carbons (Fsp3) is 1.00. The summed E-state index contributed by atoms with van der Waals surface area (Å²) in [7, 11) is -4.61. The molecule has 2 nitrogen and oxygen atoms in total. The zero-order chi connectivity index (χ0) is 8.58. The van der Waals surface area contributed by atoms with Crippen molar-refractivity contribution < 1.29 is 21.6 Å². The Kier molecular flexibility index (Phi) is 2.35. The lowest BCUT2D eigenvalue weighted by Crippen LogP contribution is -2.36. The van der Waals surface area contributed by atoms with E-state index in [1.165, 1.54) is 0 Å². The Morgan fingerprint density at radius 2 is 1.70 bits per heavy atom. The monoisotopic (exact) mass is 176 g/mol. The van der Waals surface area contributed by atoms with Crippen LogP contribution in [0.3, 0.4) is 0 Å². The molecule has 0 heterocycles. The second-order valence-electron chi connectivity index (χ2n) is 1.95. The first-order valence-corrected chi connectivity index (χ1v) is 4.30. The normalized spacial score (nSPS) is 16.9. The maximum absolute atomic E-state index is 12.1. The zero-order valence-corrected chi connectivity index (χ0v) is 6.25. The van der Waals surface area contributed by atoms with E-state index in [4.69, 9.17) is 0 Å². The number of sulfone groups is 1. The van der Waals surface area contributed by atoms with E-state index < -0.39 is 21.3 Å². The maximum atomic E-state index is 12.1. The SMILES string of the molecule is CC(F)C(F)(F)S(C)(=O)=O. The van der Waals surface area contributed by atoms with Crippen LogP contribution >= 0.6 is 0 Å². The van der Waals surface area contributed by atoms with Gasteiger partial charge in [-0.05, 0) is 6.92 Å². The predicted molar refractivity (Wildman–Crippen MR) is 30.4 cm³/mol. The van der Waals surface area contributed by atoms with Crippen molar-refractivity contribution in [2.45, 2.75) is 18.3 Å². The van der Waals surface area contributed by atoms with Crippen LogP contribution in [0.5, 0.6) is 0 Å². The van der Waals surface area contributed by atoms with Crippen molar-refractivity contribution in [2.24, 2.45) is 0 Å². The Morgan fingerprint density at radius 1 is 1.40 bits per heavy atom. The van der Waals surface area contributed by atoms with Crippen LogP contribution in [0.15, 0.2) is 0 Å². The van der Waals surface area contributed by atoms with Crippen LogP contribution in [0.25, 0.3) is 0 Å². The molecule has 0 aliphatic carbocycles. The third kappa shape index (κ3) is 1.62. The van der Waals surface area contributed by atoms with E-state index in [0.29, 0.717) is 13.2 Å². The molecule has 0 saturated heterocycles. The number of halogens is 3. The summed E-state index contributed by atoms with van der Waals surface area (Å²) in [5.74, 6) is 0. The van der Waals surface area contributed by atoms with Crippen molar-refractivity contribution >= 4 is 9.84 Å². The van der Waals surface area contributed by atoms with Gasteiger partial charge in [0.2, 0.25) is 9.84 Å². The summed E-state index contributed by atoms with van der Waals surface area (Å²) in [5.41, 5.74) is 0. The Bertz CT molecular complexity index is 207. The highest BCUT2D eigenvalue weighted by Gasteiger charge is 2.47. The van der Waals surface area contributed by atoms with Gasteiger partial charge in [0.15, 0.2) is 6.17 Å². The van der Waals surface area contributed by atoms with Crippen LogP contribution in [0.2, 0.25) is 0 Å². The summed E-state index contributed by atoms with van der Waals surface area (Å²) < 4.78 is 56.2. The maximum Gasteiger partial charge on any atom is 0.375 e. The number of rotatable bonds is 2. The fourth-order valence-corrected chi connectivity index (χ4v) is 0.885. The first-order chi connectivity index (χ1) is 4.19. The summed E-state index contributed by atoms with van der Waals surface area (Å²) in [6, 6.07) is 0. The summed E-state index contributed by atoms with van der Waals surface area (Å²) in [6.07, 6.45) is -2.37. The third-order valence-electron chi connectivity index (χ3n) is 0.957. The molecule has 1 unspecified atom stereocenters. The van der Waals surface area contributed by atoms with Gasteiger partial charge < -0.3 is 0 Å². The van der Waals surface area contributed by atoms with Crippen molar-refractivity contribution in [2.75, 3.05) is 6.26 Å². The molecule has 0 spiro atoms. The molecular formula is C4H7F3O2S. The van der Waals surface area contributed by atoms with E-state index in [0.717, 1.165) is 0 Å². The largest absolute Gasteiger partial charge is 0.375 e. The Balaban J connectivity index is 4.76. The smallest absolute Gasteiger partial charge is 0.240 e. The van der Waals surface area contributed by atoms with Gasteiger partial charge in [0.1, 0.15) is 0 Å². The van der Waals surface area contributed by atoms with Crippen LogP contribution in [0.4, 0.5) is 13.2 Å². The van der Waals surface area contributed by atoms with E-state index >= 15 is 0 Å². The average molecular weight is 176 g/mol. The van der Waals surface area contributed by atoms with Crippen LogP contribution in [-0.4, -0.2) is 26.1 Å². The lowest BCUT2D eigenvalue weighted by atomic mass is 10.5. The lowest BCUT2D eigenvalue weighted by Gasteiger charge is -2.14. The minimum Gasteiger partial charge on any atom is -0.240 e. The molecule has 0 rings (SSSR count). The fourth-order valence-electron chi connectivity index (χ4n) is 0.295. The van der Waals surface area contributed by atoms with E-state index in [1.807, 2.05) is 0 Å². The highest BCUT2D eigenvalue weighted by atomic mass is 32.2. The molecule has 0 amide bonds. The molecule has 0 aromatic carbocycles. The lowest BCUT2D eigenvalue weighted by molar-refractivity contribution is 0.0146.